The molecule has 5 rings (SSSR count). The number of aryl methyl sites for hydroxylation is 1. The number of nitrogens with zero attached hydrogens (tertiary/aromatic N) is 5. The van der Waals surface area contributed by atoms with Gasteiger partial charge in [0.15, 0.2) is 0 Å². The van der Waals surface area contributed by atoms with E-state index in [1.54, 1.807) is 12.1 Å². The van der Waals surface area contributed by atoms with E-state index in [1.807, 2.05) is 0 Å². The highest BCUT2D eigenvalue weighted by Crippen LogP contribution is 2.47. The number of hydrogen-bond donors (Lipinski definition) is 3. The van der Waals surface area contributed by atoms with E-state index in [-0.39, 0.29) is 54.4 Å². The number of fused-ring (bicyclic) bond motifs is 2. The first-order chi connectivity index (χ1) is 16.9. The molecule has 1 aliphatic heterocycles. The Morgan fingerprint density at radius 1 is 1.29 bits per heavy atom. The van der Waals surface area contributed by atoms with Crippen LogP contribution in [0.2, 0.25) is 0 Å². The van der Waals surface area contributed by atoms with Gasteiger partial charge in [0, 0.05) is 36.9 Å². The molecule has 0 bridgehead atoms. The molecule has 4 aromatic heterocycles. The number of aromatic amines is 1. The van der Waals surface area contributed by atoms with Crippen LogP contribution in [0.3, 0.4) is 0 Å². The number of rotatable bonds is 8. The van der Waals surface area contributed by atoms with E-state index in [0.717, 1.165) is 0 Å². The second kappa shape index (κ2) is 9.19. The molecule has 186 valence electrons. The van der Waals surface area contributed by atoms with E-state index in [2.05, 4.69) is 30.2 Å². The van der Waals surface area contributed by atoms with Crippen molar-refractivity contribution in [3.63, 3.8) is 0 Å². The zero-order valence-corrected chi connectivity index (χ0v) is 18.4. The number of halogens is 4. The quantitative estimate of drug-likeness (QED) is 0.322. The number of aliphatic hydroxyl groups excluding tert-OH is 1. The average Bonchev–Trinajstić information content (AvgIpc) is 3.49. The summed E-state index contributed by atoms with van der Waals surface area (Å²) in [7, 11) is 1.53. The summed E-state index contributed by atoms with van der Waals surface area (Å²) in [5.41, 5.74) is 0.461. The van der Waals surface area contributed by atoms with E-state index >= 15 is 0 Å². The smallest absolute Gasteiger partial charge is 0.388 e. The molecule has 0 spiro atoms. The molecule has 35 heavy (non-hydrogen) atoms. The second-order valence-electron chi connectivity index (χ2n) is 7.91. The van der Waals surface area contributed by atoms with Crippen LogP contribution < -0.4 is 14.8 Å². The van der Waals surface area contributed by atoms with Crippen molar-refractivity contribution in [2.75, 3.05) is 19.8 Å². The molecule has 1 aliphatic rings. The molecule has 10 nitrogen and oxygen atoms in total. The molecule has 4 aromatic rings. The molecule has 0 saturated heterocycles. The van der Waals surface area contributed by atoms with Crippen LogP contribution in [-0.2, 0) is 13.6 Å². The normalized spacial score (nSPS) is 15.7. The molecular weight excluding hydrogens is 474 g/mol. The molecule has 5 heterocycles. The van der Waals surface area contributed by atoms with E-state index in [1.165, 1.54) is 28.8 Å². The van der Waals surface area contributed by atoms with Gasteiger partial charge in [-0.05, 0) is 12.1 Å². The highest BCUT2D eigenvalue weighted by molar-refractivity contribution is 6.04. The number of ether oxygens (including phenoxy) is 2. The minimum atomic E-state index is -3.14. The van der Waals surface area contributed by atoms with Gasteiger partial charge in [0.1, 0.15) is 17.9 Å². The molecule has 0 unspecified atom stereocenters. The molecule has 0 aromatic carbocycles. The highest BCUT2D eigenvalue weighted by Gasteiger charge is 2.34. The number of H-pyrrole nitrogens is 1. The Labute approximate surface area is 195 Å². The highest BCUT2D eigenvalue weighted by atomic mass is 19.3. The zero-order chi connectivity index (χ0) is 24.7. The fourth-order valence-electron chi connectivity index (χ4n) is 4.26. The Morgan fingerprint density at radius 2 is 2.11 bits per heavy atom. The Balaban J connectivity index is 1.72. The third-order valence-corrected chi connectivity index (χ3v) is 5.58. The van der Waals surface area contributed by atoms with Crippen LogP contribution in [0.15, 0.2) is 24.5 Å². The molecular formula is C21H21F4N7O3. The Bertz CT molecular complexity index is 1350. The van der Waals surface area contributed by atoms with Gasteiger partial charge in [-0.25, -0.2) is 18.4 Å². The maximum Gasteiger partial charge on any atom is 0.388 e. The van der Waals surface area contributed by atoms with Gasteiger partial charge in [0.25, 0.3) is 6.43 Å². The predicted molar refractivity (Wildman–Crippen MR) is 115 cm³/mol. The van der Waals surface area contributed by atoms with Crippen LogP contribution in [0.4, 0.5) is 17.6 Å². The summed E-state index contributed by atoms with van der Waals surface area (Å²) < 4.78 is 67.7. The van der Waals surface area contributed by atoms with Gasteiger partial charge in [-0.1, -0.05) is 0 Å². The van der Waals surface area contributed by atoms with Crippen LogP contribution in [-0.4, -0.2) is 67.0 Å². The van der Waals surface area contributed by atoms with Crippen molar-refractivity contribution in [1.82, 2.24) is 34.8 Å². The van der Waals surface area contributed by atoms with E-state index in [0.29, 0.717) is 23.1 Å². The SMILES string of the molecule is Cn1cc(-c2c(-c3c(C(F)F)nn4c3OC[C@@H](NCCO)C4)[nH]c3ncccc23)c(OC(F)F)n1. The van der Waals surface area contributed by atoms with Crippen molar-refractivity contribution in [3.05, 3.63) is 30.2 Å². The Kier molecular flexibility index (Phi) is 6.06. The molecule has 14 heteroatoms. The molecule has 3 N–H and O–H groups in total. The van der Waals surface area contributed by atoms with Gasteiger partial charge in [-0.2, -0.15) is 13.9 Å². The van der Waals surface area contributed by atoms with Crippen LogP contribution >= 0.6 is 0 Å². The van der Waals surface area contributed by atoms with Crippen LogP contribution in [0.5, 0.6) is 11.8 Å². The van der Waals surface area contributed by atoms with Crippen LogP contribution in [0.1, 0.15) is 12.1 Å². The number of alkyl halides is 4. The largest absolute Gasteiger partial charge is 0.476 e. The average molecular weight is 495 g/mol. The summed E-state index contributed by atoms with van der Waals surface area (Å²) >= 11 is 0. The van der Waals surface area contributed by atoms with Crippen LogP contribution in [0.25, 0.3) is 33.4 Å². The topological polar surface area (TPSA) is 115 Å². The monoisotopic (exact) mass is 495 g/mol. The Morgan fingerprint density at radius 3 is 2.86 bits per heavy atom. The number of nitrogens with one attached hydrogen (secondary N) is 2. The summed E-state index contributed by atoms with van der Waals surface area (Å²) in [6.45, 7) is -2.53. The summed E-state index contributed by atoms with van der Waals surface area (Å²) in [5.74, 6) is -0.252. The molecule has 1 atom stereocenters. The number of pyridine rings is 1. The fraction of sp³-hybridized carbons (Fsp3) is 0.381. The van der Waals surface area contributed by atoms with Crippen molar-refractivity contribution in [3.8, 4) is 34.1 Å². The van der Waals surface area contributed by atoms with Gasteiger partial charge >= 0.3 is 6.61 Å². The van der Waals surface area contributed by atoms with Gasteiger partial charge < -0.3 is 24.9 Å². The molecule has 0 aliphatic carbocycles. The van der Waals surface area contributed by atoms with Crippen LogP contribution in [0, 0.1) is 0 Å². The van der Waals surface area contributed by atoms with Gasteiger partial charge in [-0.3, -0.25) is 4.68 Å². The first-order valence-electron chi connectivity index (χ1n) is 10.7. The molecule has 0 fully saturated rings. The maximum atomic E-state index is 14.2. The first-order valence-corrected chi connectivity index (χ1v) is 10.7. The lowest BCUT2D eigenvalue weighted by Gasteiger charge is -2.25. The lowest BCUT2D eigenvalue weighted by Crippen LogP contribution is -2.43. The minimum absolute atomic E-state index is 0.000424. The molecule has 0 saturated carbocycles. The molecule has 0 amide bonds. The summed E-state index contributed by atoms with van der Waals surface area (Å²) in [6, 6.07) is 3.08. The maximum absolute atomic E-state index is 14.2. The summed E-state index contributed by atoms with van der Waals surface area (Å²) in [4.78, 5) is 7.31. The number of aromatic nitrogens is 6. The first kappa shape index (κ1) is 23.1. The van der Waals surface area contributed by atoms with E-state index in [4.69, 9.17) is 9.84 Å². The standard InChI is InChI=1S/C21H21F4N7O3/c1-31-8-12(19(30-31)35-21(24)25)13-11-3-2-4-27-18(11)28-15(13)14-16(17(22)23)29-32-7-10(26-5-6-33)9-34-20(14)32/h2-4,8,10,17,21,26,33H,5-7,9H2,1H3,(H,27,28)/t10-/m0/s1. The zero-order valence-electron chi connectivity index (χ0n) is 18.4. The van der Waals surface area contributed by atoms with Crippen molar-refractivity contribution >= 4 is 11.0 Å². The fourth-order valence-corrected chi connectivity index (χ4v) is 4.26. The lowest BCUT2D eigenvalue weighted by molar-refractivity contribution is -0.0527. The third kappa shape index (κ3) is 4.18. The van der Waals surface area contributed by atoms with Crippen molar-refractivity contribution in [1.29, 1.82) is 0 Å². The number of aliphatic hydroxyl groups is 1. The van der Waals surface area contributed by atoms with Gasteiger partial charge in [0.05, 0.1) is 36.0 Å². The lowest BCUT2D eigenvalue weighted by atomic mass is 10.0. The van der Waals surface area contributed by atoms with Crippen molar-refractivity contribution in [2.24, 2.45) is 7.05 Å². The number of hydrogen-bond acceptors (Lipinski definition) is 7. The third-order valence-electron chi connectivity index (χ3n) is 5.58. The second-order valence-corrected chi connectivity index (χ2v) is 7.91. The summed E-state index contributed by atoms with van der Waals surface area (Å²) in [6.07, 6.45) is 0.0278. The van der Waals surface area contributed by atoms with Gasteiger partial charge in [0.2, 0.25) is 11.8 Å². The summed E-state index contributed by atoms with van der Waals surface area (Å²) in [5, 5.41) is 20.7. The molecule has 0 radical (unpaired) electrons. The minimum Gasteiger partial charge on any atom is -0.476 e. The van der Waals surface area contributed by atoms with E-state index < -0.39 is 18.7 Å². The predicted octanol–water partition coefficient (Wildman–Crippen LogP) is 2.71. The van der Waals surface area contributed by atoms with Gasteiger partial charge in [-0.15, -0.1) is 5.10 Å². The van der Waals surface area contributed by atoms with Crippen molar-refractivity contribution < 1.29 is 32.1 Å². The van der Waals surface area contributed by atoms with E-state index in [9.17, 15) is 17.6 Å². The van der Waals surface area contributed by atoms with Crippen molar-refractivity contribution in [2.45, 2.75) is 25.6 Å². The Hall–Kier alpha value is -3.65.